The summed E-state index contributed by atoms with van der Waals surface area (Å²) in [5.41, 5.74) is 2.62. The number of ether oxygens (including phenoxy) is 1. The van der Waals surface area contributed by atoms with E-state index in [9.17, 15) is 4.79 Å². The Bertz CT molecular complexity index is 937. The molecule has 0 saturated carbocycles. The highest BCUT2D eigenvalue weighted by Gasteiger charge is 2.21. The Morgan fingerprint density at radius 1 is 1.14 bits per heavy atom. The largest absolute Gasteiger partial charge is 0.494 e. The number of hydrogen-bond acceptors (Lipinski definition) is 5. The van der Waals surface area contributed by atoms with Crippen LogP contribution in [0.5, 0.6) is 5.75 Å². The highest BCUT2D eigenvalue weighted by molar-refractivity contribution is 7.15. The van der Waals surface area contributed by atoms with Gasteiger partial charge < -0.3 is 15.0 Å². The van der Waals surface area contributed by atoms with Gasteiger partial charge in [0.1, 0.15) is 11.4 Å². The predicted molar refractivity (Wildman–Crippen MR) is 119 cm³/mol. The number of benzene rings is 2. The van der Waals surface area contributed by atoms with E-state index in [1.807, 2.05) is 82.5 Å². The summed E-state index contributed by atoms with van der Waals surface area (Å²) in [5.74, 6) is 0.703. The van der Waals surface area contributed by atoms with Crippen molar-refractivity contribution < 1.29 is 9.53 Å². The van der Waals surface area contributed by atoms with Gasteiger partial charge in [-0.1, -0.05) is 42.5 Å². The molecule has 1 amide bonds. The molecule has 3 rings (SSSR count). The molecule has 2 aromatic carbocycles. The molecule has 5 nitrogen and oxygen atoms in total. The number of aromatic nitrogens is 1. The van der Waals surface area contributed by atoms with Gasteiger partial charge in [-0.15, -0.1) is 11.3 Å². The van der Waals surface area contributed by atoms with Crippen molar-refractivity contribution in [3.8, 4) is 16.2 Å². The van der Waals surface area contributed by atoms with Crippen LogP contribution in [0, 0.1) is 6.92 Å². The molecular formula is C23H27N3O2S. The molecule has 1 atom stereocenters. The number of aryl methyl sites for hydroxylation is 1. The van der Waals surface area contributed by atoms with Gasteiger partial charge in [0.25, 0.3) is 5.91 Å². The standard InChI is InChI=1S/C23H27N3O2S/c1-5-28-19-13-11-17(12-14-19)20(26(3)4)15-24-23(27)21-22(29-16(2)25-21)18-9-7-6-8-10-18/h6-14,20H,5,15H2,1-4H3,(H,24,27). The average Bonchev–Trinajstić information content (AvgIpc) is 3.12. The van der Waals surface area contributed by atoms with E-state index in [1.54, 1.807) is 11.3 Å². The third-order valence-electron chi connectivity index (χ3n) is 4.64. The highest BCUT2D eigenvalue weighted by Crippen LogP contribution is 2.30. The minimum absolute atomic E-state index is 0.0505. The van der Waals surface area contributed by atoms with Crippen molar-refractivity contribution in [1.82, 2.24) is 15.2 Å². The molecule has 0 aliphatic heterocycles. The van der Waals surface area contributed by atoms with Crippen LogP contribution < -0.4 is 10.1 Å². The Morgan fingerprint density at radius 3 is 2.45 bits per heavy atom. The van der Waals surface area contributed by atoms with Gasteiger partial charge in [0.15, 0.2) is 0 Å². The van der Waals surface area contributed by atoms with Crippen LogP contribution in [-0.2, 0) is 0 Å². The van der Waals surface area contributed by atoms with Crippen LogP contribution in [0.2, 0.25) is 0 Å². The van der Waals surface area contributed by atoms with E-state index >= 15 is 0 Å². The number of hydrogen-bond donors (Lipinski definition) is 1. The first-order valence-electron chi connectivity index (χ1n) is 9.69. The van der Waals surface area contributed by atoms with Crippen molar-refractivity contribution in [3.05, 3.63) is 70.9 Å². The Labute approximate surface area is 176 Å². The second-order valence-corrected chi connectivity index (χ2v) is 8.17. The average molecular weight is 410 g/mol. The molecule has 1 aromatic heterocycles. The van der Waals surface area contributed by atoms with Crippen LogP contribution in [0.4, 0.5) is 0 Å². The van der Waals surface area contributed by atoms with Crippen molar-refractivity contribution in [3.63, 3.8) is 0 Å². The lowest BCUT2D eigenvalue weighted by Gasteiger charge is -2.25. The van der Waals surface area contributed by atoms with Crippen molar-refractivity contribution in [2.24, 2.45) is 0 Å². The summed E-state index contributed by atoms with van der Waals surface area (Å²) in [7, 11) is 4.02. The fraction of sp³-hybridized carbons (Fsp3) is 0.304. The second-order valence-electron chi connectivity index (χ2n) is 6.97. The zero-order valence-corrected chi connectivity index (χ0v) is 18.1. The molecule has 0 fully saturated rings. The topological polar surface area (TPSA) is 54.5 Å². The monoisotopic (exact) mass is 409 g/mol. The number of carbonyl (C=O) groups is 1. The third kappa shape index (κ3) is 5.22. The van der Waals surface area contributed by atoms with Gasteiger partial charge in [0, 0.05) is 6.54 Å². The maximum atomic E-state index is 12.9. The van der Waals surface area contributed by atoms with E-state index in [2.05, 4.69) is 15.2 Å². The fourth-order valence-corrected chi connectivity index (χ4v) is 4.11. The van der Waals surface area contributed by atoms with Crippen LogP contribution in [0.25, 0.3) is 10.4 Å². The van der Waals surface area contributed by atoms with Crippen LogP contribution in [0.15, 0.2) is 54.6 Å². The van der Waals surface area contributed by atoms with E-state index < -0.39 is 0 Å². The summed E-state index contributed by atoms with van der Waals surface area (Å²) in [6, 6.07) is 18.0. The smallest absolute Gasteiger partial charge is 0.271 e. The first kappa shape index (κ1) is 21.0. The molecule has 0 aliphatic carbocycles. The van der Waals surface area contributed by atoms with E-state index in [-0.39, 0.29) is 11.9 Å². The molecular weight excluding hydrogens is 382 g/mol. The Morgan fingerprint density at radius 2 is 1.83 bits per heavy atom. The summed E-state index contributed by atoms with van der Waals surface area (Å²) >= 11 is 1.54. The maximum absolute atomic E-state index is 12.9. The number of likely N-dealkylation sites (N-methyl/N-ethyl adjacent to an activating group) is 1. The molecule has 6 heteroatoms. The van der Waals surface area contributed by atoms with Crippen molar-refractivity contribution in [2.45, 2.75) is 19.9 Å². The Balaban J connectivity index is 1.75. The normalized spacial score (nSPS) is 12.0. The number of amides is 1. The molecule has 1 heterocycles. The van der Waals surface area contributed by atoms with Gasteiger partial charge in [-0.3, -0.25) is 4.79 Å². The lowest BCUT2D eigenvalue weighted by Crippen LogP contribution is -2.34. The Hall–Kier alpha value is -2.70. The summed E-state index contributed by atoms with van der Waals surface area (Å²) in [5, 5.41) is 3.95. The molecule has 0 saturated heterocycles. The second kappa shape index (κ2) is 9.67. The summed E-state index contributed by atoms with van der Waals surface area (Å²) < 4.78 is 5.52. The van der Waals surface area contributed by atoms with Crippen molar-refractivity contribution in [1.29, 1.82) is 0 Å². The molecule has 0 radical (unpaired) electrons. The lowest BCUT2D eigenvalue weighted by atomic mass is 10.1. The molecule has 1 N–H and O–H groups in total. The van der Waals surface area contributed by atoms with Gasteiger partial charge in [-0.25, -0.2) is 4.98 Å². The third-order valence-corrected chi connectivity index (χ3v) is 5.66. The van der Waals surface area contributed by atoms with Crippen LogP contribution in [-0.4, -0.2) is 43.0 Å². The number of carbonyl (C=O) groups excluding carboxylic acids is 1. The SMILES string of the molecule is CCOc1ccc(C(CNC(=O)c2nc(C)sc2-c2ccccc2)N(C)C)cc1. The Kier molecular flexibility index (Phi) is 7.01. The zero-order chi connectivity index (χ0) is 20.8. The zero-order valence-electron chi connectivity index (χ0n) is 17.3. The van der Waals surface area contributed by atoms with Crippen LogP contribution >= 0.6 is 11.3 Å². The van der Waals surface area contributed by atoms with Crippen LogP contribution in [0.1, 0.15) is 34.0 Å². The molecule has 0 bridgehead atoms. The molecule has 29 heavy (non-hydrogen) atoms. The molecule has 0 spiro atoms. The summed E-state index contributed by atoms with van der Waals surface area (Å²) in [6.07, 6.45) is 0. The highest BCUT2D eigenvalue weighted by atomic mass is 32.1. The summed E-state index contributed by atoms with van der Waals surface area (Å²) in [6.45, 7) is 5.03. The van der Waals surface area contributed by atoms with Gasteiger partial charge in [-0.05, 0) is 51.2 Å². The quantitative estimate of drug-likeness (QED) is 0.593. The number of nitrogens with one attached hydrogen (secondary N) is 1. The minimum atomic E-state index is -0.147. The predicted octanol–water partition coefficient (Wildman–Crippen LogP) is 4.55. The fourth-order valence-electron chi connectivity index (χ4n) is 3.19. The first-order chi connectivity index (χ1) is 14.0. The van der Waals surface area contributed by atoms with E-state index in [0.29, 0.717) is 18.8 Å². The van der Waals surface area contributed by atoms with Crippen LogP contribution in [0.3, 0.4) is 0 Å². The first-order valence-corrected chi connectivity index (χ1v) is 10.5. The molecule has 0 aliphatic rings. The van der Waals surface area contributed by atoms with Gasteiger partial charge in [0.05, 0.1) is 22.5 Å². The van der Waals surface area contributed by atoms with Crippen molar-refractivity contribution >= 4 is 17.2 Å². The molecule has 3 aromatic rings. The van der Waals surface area contributed by atoms with Gasteiger partial charge in [-0.2, -0.15) is 0 Å². The number of rotatable bonds is 8. The van der Waals surface area contributed by atoms with Gasteiger partial charge in [0.2, 0.25) is 0 Å². The maximum Gasteiger partial charge on any atom is 0.271 e. The minimum Gasteiger partial charge on any atom is -0.494 e. The van der Waals surface area contributed by atoms with Crippen molar-refractivity contribution in [2.75, 3.05) is 27.2 Å². The number of nitrogens with zero attached hydrogens (tertiary/aromatic N) is 2. The summed E-state index contributed by atoms with van der Waals surface area (Å²) in [4.78, 5) is 20.4. The lowest BCUT2D eigenvalue weighted by molar-refractivity contribution is 0.0938. The van der Waals surface area contributed by atoms with Gasteiger partial charge >= 0.3 is 0 Å². The van der Waals surface area contributed by atoms with E-state index in [1.165, 1.54) is 0 Å². The number of thiazole rings is 1. The molecule has 1 unspecified atom stereocenters. The van der Waals surface area contributed by atoms with E-state index in [0.717, 1.165) is 26.8 Å². The molecule has 152 valence electrons. The van der Waals surface area contributed by atoms with E-state index in [4.69, 9.17) is 4.74 Å².